The summed E-state index contributed by atoms with van der Waals surface area (Å²) in [7, 11) is 0. The van der Waals surface area contributed by atoms with Crippen molar-refractivity contribution in [3.8, 4) is 0 Å². The van der Waals surface area contributed by atoms with Gasteiger partial charge >= 0.3 is 0 Å². The number of nitrogens with one attached hydrogen (secondary N) is 1. The number of pyridine rings is 1. The maximum absolute atomic E-state index is 12.5. The van der Waals surface area contributed by atoms with E-state index >= 15 is 0 Å². The molecule has 3 nitrogen and oxygen atoms in total. The Morgan fingerprint density at radius 2 is 2.05 bits per heavy atom. The van der Waals surface area contributed by atoms with E-state index in [1.165, 1.54) is 6.20 Å². The lowest BCUT2D eigenvalue weighted by Gasteiger charge is -2.12. The molecule has 0 aliphatic rings. The molecule has 6 heteroatoms. The summed E-state index contributed by atoms with van der Waals surface area (Å²) in [6, 6.07) is 8.66. The standard InChI is InChI=1S/C13H13F2N3S/c1-8-6-9(16)7-17-12(8)18-10-4-2-3-5-11(10)19-13(14)15/h2-7,13H,16H2,1H3,(H,17,18). The molecule has 3 N–H and O–H groups in total. The second-order valence-electron chi connectivity index (χ2n) is 3.93. The minimum absolute atomic E-state index is 0.482. The predicted molar refractivity (Wildman–Crippen MR) is 75.0 cm³/mol. The fourth-order valence-corrected chi connectivity index (χ4v) is 2.22. The summed E-state index contributed by atoms with van der Waals surface area (Å²) < 4.78 is 24.9. The van der Waals surface area contributed by atoms with E-state index in [0.717, 1.165) is 5.56 Å². The minimum atomic E-state index is -2.46. The Morgan fingerprint density at radius 3 is 2.74 bits per heavy atom. The third-order valence-corrected chi connectivity index (χ3v) is 3.24. The SMILES string of the molecule is Cc1cc(N)cnc1Nc1ccccc1SC(F)F. The first-order valence-electron chi connectivity index (χ1n) is 5.59. The number of alkyl halides is 2. The monoisotopic (exact) mass is 281 g/mol. The number of para-hydroxylation sites is 1. The van der Waals surface area contributed by atoms with Crippen LogP contribution < -0.4 is 11.1 Å². The molecular weight excluding hydrogens is 268 g/mol. The number of rotatable bonds is 4. The van der Waals surface area contributed by atoms with E-state index in [9.17, 15) is 8.78 Å². The molecule has 0 bridgehead atoms. The number of aromatic nitrogens is 1. The summed E-state index contributed by atoms with van der Waals surface area (Å²) in [5.74, 6) is -1.85. The smallest absolute Gasteiger partial charge is 0.288 e. The molecule has 1 aromatic heterocycles. The first-order valence-corrected chi connectivity index (χ1v) is 6.47. The maximum Gasteiger partial charge on any atom is 0.288 e. The molecule has 0 saturated heterocycles. The molecule has 0 saturated carbocycles. The zero-order valence-corrected chi connectivity index (χ0v) is 11.0. The number of anilines is 3. The van der Waals surface area contributed by atoms with Crippen LogP contribution in [0.25, 0.3) is 0 Å². The molecule has 100 valence electrons. The largest absolute Gasteiger partial charge is 0.397 e. The number of thioether (sulfide) groups is 1. The van der Waals surface area contributed by atoms with Crippen molar-refractivity contribution in [3.05, 3.63) is 42.1 Å². The van der Waals surface area contributed by atoms with E-state index in [1.807, 2.05) is 6.92 Å². The van der Waals surface area contributed by atoms with E-state index in [-0.39, 0.29) is 0 Å². The molecule has 0 radical (unpaired) electrons. The zero-order valence-electron chi connectivity index (χ0n) is 10.2. The van der Waals surface area contributed by atoms with Crippen molar-refractivity contribution in [3.63, 3.8) is 0 Å². The molecule has 19 heavy (non-hydrogen) atoms. The van der Waals surface area contributed by atoms with Gasteiger partial charge in [0.05, 0.1) is 17.6 Å². The molecule has 0 fully saturated rings. The summed E-state index contributed by atoms with van der Waals surface area (Å²) in [5.41, 5.74) is 7.65. The lowest BCUT2D eigenvalue weighted by molar-refractivity contribution is 0.252. The van der Waals surface area contributed by atoms with Crippen LogP contribution in [0.5, 0.6) is 0 Å². The Balaban J connectivity index is 2.27. The van der Waals surface area contributed by atoms with Gasteiger partial charge in [0.2, 0.25) is 0 Å². The van der Waals surface area contributed by atoms with E-state index in [0.29, 0.717) is 33.9 Å². The van der Waals surface area contributed by atoms with E-state index in [4.69, 9.17) is 5.73 Å². The predicted octanol–water partition coefficient (Wildman–Crippen LogP) is 4.03. The molecule has 0 spiro atoms. The van der Waals surface area contributed by atoms with Gasteiger partial charge in [-0.1, -0.05) is 23.9 Å². The van der Waals surface area contributed by atoms with Gasteiger partial charge in [-0.2, -0.15) is 8.78 Å². The van der Waals surface area contributed by atoms with Crippen molar-refractivity contribution in [1.29, 1.82) is 0 Å². The Bertz CT molecular complexity index is 576. The first-order chi connectivity index (χ1) is 9.06. The van der Waals surface area contributed by atoms with Crippen molar-refractivity contribution in [2.75, 3.05) is 11.1 Å². The normalized spacial score (nSPS) is 10.7. The van der Waals surface area contributed by atoms with Gasteiger partial charge in [0.15, 0.2) is 0 Å². The first kappa shape index (κ1) is 13.6. The number of nitrogens with zero attached hydrogens (tertiary/aromatic N) is 1. The third kappa shape index (κ3) is 3.57. The molecule has 0 aliphatic heterocycles. The number of hydrogen-bond acceptors (Lipinski definition) is 4. The molecule has 0 atom stereocenters. The highest BCUT2D eigenvalue weighted by Crippen LogP contribution is 2.33. The number of benzene rings is 1. The molecule has 1 heterocycles. The number of aryl methyl sites for hydroxylation is 1. The van der Waals surface area contributed by atoms with Crippen LogP contribution in [-0.2, 0) is 0 Å². The third-order valence-electron chi connectivity index (χ3n) is 2.46. The van der Waals surface area contributed by atoms with Gasteiger partial charge in [0, 0.05) is 4.90 Å². The van der Waals surface area contributed by atoms with Crippen LogP contribution in [0.15, 0.2) is 41.4 Å². The van der Waals surface area contributed by atoms with Crippen molar-refractivity contribution >= 4 is 29.0 Å². The van der Waals surface area contributed by atoms with Crippen molar-refractivity contribution in [1.82, 2.24) is 4.98 Å². The van der Waals surface area contributed by atoms with Gasteiger partial charge in [0.1, 0.15) is 5.82 Å². The van der Waals surface area contributed by atoms with Gasteiger partial charge < -0.3 is 11.1 Å². The fourth-order valence-electron chi connectivity index (χ4n) is 1.62. The lowest BCUT2D eigenvalue weighted by Crippen LogP contribution is -1.99. The highest BCUT2D eigenvalue weighted by Gasteiger charge is 2.10. The van der Waals surface area contributed by atoms with Crippen molar-refractivity contribution in [2.24, 2.45) is 0 Å². The van der Waals surface area contributed by atoms with Gasteiger partial charge in [0.25, 0.3) is 5.76 Å². The summed E-state index contributed by atoms with van der Waals surface area (Å²) in [5, 5.41) is 3.05. The quantitative estimate of drug-likeness (QED) is 0.831. The van der Waals surface area contributed by atoms with Crippen LogP contribution >= 0.6 is 11.8 Å². The van der Waals surface area contributed by atoms with Crippen LogP contribution in [0.2, 0.25) is 0 Å². The molecule has 2 rings (SSSR count). The fraction of sp³-hybridized carbons (Fsp3) is 0.154. The number of nitrogens with two attached hydrogens (primary N) is 1. The van der Waals surface area contributed by atoms with Gasteiger partial charge in [-0.05, 0) is 30.7 Å². The molecule has 2 aromatic rings. The Morgan fingerprint density at radius 1 is 1.32 bits per heavy atom. The molecule has 0 amide bonds. The van der Waals surface area contributed by atoms with Crippen LogP contribution in [0.1, 0.15) is 5.56 Å². The van der Waals surface area contributed by atoms with Crippen LogP contribution in [-0.4, -0.2) is 10.7 Å². The van der Waals surface area contributed by atoms with Crippen LogP contribution in [0, 0.1) is 6.92 Å². The second-order valence-corrected chi connectivity index (χ2v) is 4.97. The zero-order chi connectivity index (χ0) is 13.8. The van der Waals surface area contributed by atoms with E-state index < -0.39 is 5.76 Å². The highest BCUT2D eigenvalue weighted by atomic mass is 32.2. The Kier molecular flexibility index (Phi) is 4.21. The minimum Gasteiger partial charge on any atom is -0.397 e. The number of nitrogen functional groups attached to an aromatic ring is 1. The topological polar surface area (TPSA) is 50.9 Å². The van der Waals surface area contributed by atoms with Gasteiger partial charge in [-0.3, -0.25) is 0 Å². The number of hydrogen-bond donors (Lipinski definition) is 2. The van der Waals surface area contributed by atoms with E-state index in [1.54, 1.807) is 30.3 Å². The lowest BCUT2D eigenvalue weighted by atomic mass is 10.2. The molecule has 0 aliphatic carbocycles. The van der Waals surface area contributed by atoms with Gasteiger partial charge in [-0.15, -0.1) is 0 Å². The van der Waals surface area contributed by atoms with Crippen molar-refractivity contribution < 1.29 is 8.78 Å². The summed E-state index contributed by atoms with van der Waals surface area (Å²) in [6.45, 7) is 1.86. The molecule has 0 unspecified atom stereocenters. The summed E-state index contributed by atoms with van der Waals surface area (Å²) >= 11 is 0.505. The average molecular weight is 281 g/mol. The van der Waals surface area contributed by atoms with Crippen LogP contribution in [0.3, 0.4) is 0 Å². The van der Waals surface area contributed by atoms with Crippen molar-refractivity contribution in [2.45, 2.75) is 17.6 Å². The Labute approximate surface area is 114 Å². The van der Waals surface area contributed by atoms with Gasteiger partial charge in [-0.25, -0.2) is 4.98 Å². The molecular formula is C13H13F2N3S. The highest BCUT2D eigenvalue weighted by molar-refractivity contribution is 7.99. The second kappa shape index (κ2) is 5.88. The summed E-state index contributed by atoms with van der Waals surface area (Å²) in [4.78, 5) is 4.64. The average Bonchev–Trinajstić information content (AvgIpc) is 2.34. The maximum atomic E-state index is 12.5. The number of halogens is 2. The van der Waals surface area contributed by atoms with E-state index in [2.05, 4.69) is 10.3 Å². The summed E-state index contributed by atoms with van der Waals surface area (Å²) in [6.07, 6.45) is 1.53. The van der Waals surface area contributed by atoms with Crippen LogP contribution in [0.4, 0.5) is 26.0 Å². The molecule has 1 aromatic carbocycles. The Hall–Kier alpha value is -1.82.